The molecule has 1 aliphatic rings. The largest absolute Gasteiger partial charge is 0.340 e. The Morgan fingerprint density at radius 2 is 2.18 bits per heavy atom. The zero-order valence-corrected chi connectivity index (χ0v) is 14.1. The lowest BCUT2D eigenvalue weighted by Gasteiger charge is -2.19. The lowest BCUT2D eigenvalue weighted by Crippen LogP contribution is -2.29. The molecule has 0 saturated carbocycles. The third-order valence-corrected chi connectivity index (χ3v) is 5.16. The normalized spacial score (nSPS) is 12.7. The minimum Gasteiger partial charge on any atom is -0.340 e. The summed E-state index contributed by atoms with van der Waals surface area (Å²) in [5.41, 5.74) is 3.94. The van der Waals surface area contributed by atoms with Crippen LogP contribution in [0.5, 0.6) is 0 Å². The molecule has 0 bridgehead atoms. The number of carbonyl (C=O) groups excluding carboxylic acids is 1. The van der Waals surface area contributed by atoms with Crippen molar-refractivity contribution in [2.75, 3.05) is 13.6 Å². The Bertz CT molecular complexity index is 708. The maximum atomic E-state index is 12.7. The van der Waals surface area contributed by atoms with Gasteiger partial charge in [-0.15, -0.1) is 11.8 Å². The van der Waals surface area contributed by atoms with Gasteiger partial charge in [0.25, 0.3) is 5.91 Å². The molecule has 0 spiro atoms. The smallest absolute Gasteiger partial charge is 0.274 e. The Hall–Kier alpha value is -1.75. The second-order valence-corrected chi connectivity index (χ2v) is 6.68. The van der Waals surface area contributed by atoms with E-state index in [-0.39, 0.29) is 5.91 Å². The summed E-state index contributed by atoms with van der Waals surface area (Å²) in [5.74, 6) is 0.841. The van der Waals surface area contributed by atoms with Crippen LogP contribution in [-0.2, 0) is 12.8 Å². The SMILES string of the molecule is CCCCN(C)C(=O)c1nn(C)c2c1CSc1ccccc1-2. The molecule has 1 aromatic carbocycles. The second-order valence-electron chi connectivity index (χ2n) is 5.66. The van der Waals surface area contributed by atoms with Gasteiger partial charge in [-0.05, 0) is 12.5 Å². The fourth-order valence-electron chi connectivity index (χ4n) is 2.83. The summed E-state index contributed by atoms with van der Waals surface area (Å²) in [6.07, 6.45) is 2.11. The van der Waals surface area contributed by atoms with E-state index in [1.165, 1.54) is 10.5 Å². The molecule has 0 saturated heterocycles. The lowest BCUT2D eigenvalue weighted by atomic mass is 10.1. The van der Waals surface area contributed by atoms with Crippen LogP contribution < -0.4 is 0 Å². The molecule has 0 radical (unpaired) electrons. The van der Waals surface area contributed by atoms with Crippen LogP contribution in [0.25, 0.3) is 11.3 Å². The van der Waals surface area contributed by atoms with Gasteiger partial charge in [0, 0.05) is 42.4 Å². The van der Waals surface area contributed by atoms with Crippen molar-refractivity contribution in [2.45, 2.75) is 30.4 Å². The van der Waals surface area contributed by atoms with Gasteiger partial charge in [0.05, 0.1) is 5.69 Å². The Morgan fingerprint density at radius 3 is 2.95 bits per heavy atom. The van der Waals surface area contributed by atoms with Gasteiger partial charge < -0.3 is 4.90 Å². The highest BCUT2D eigenvalue weighted by Gasteiger charge is 2.28. The first-order valence-electron chi connectivity index (χ1n) is 7.67. The van der Waals surface area contributed by atoms with Gasteiger partial charge in [-0.25, -0.2) is 0 Å². The number of nitrogens with zero attached hydrogens (tertiary/aromatic N) is 3. The van der Waals surface area contributed by atoms with E-state index in [1.54, 1.807) is 16.7 Å². The number of fused-ring (bicyclic) bond motifs is 3. The predicted molar refractivity (Wildman–Crippen MR) is 90.1 cm³/mol. The number of hydrogen-bond donors (Lipinski definition) is 0. The molecule has 5 heteroatoms. The molecule has 1 aliphatic heterocycles. The first-order valence-corrected chi connectivity index (χ1v) is 8.65. The minimum atomic E-state index is 0.0327. The molecular weight excluding hydrogens is 294 g/mol. The average Bonchev–Trinajstić information content (AvgIpc) is 2.89. The number of unbranched alkanes of at least 4 members (excludes halogenated alkanes) is 1. The number of amides is 1. The van der Waals surface area contributed by atoms with E-state index < -0.39 is 0 Å². The maximum Gasteiger partial charge on any atom is 0.274 e. The summed E-state index contributed by atoms with van der Waals surface area (Å²) in [4.78, 5) is 15.7. The molecule has 0 fully saturated rings. The van der Waals surface area contributed by atoms with E-state index in [0.29, 0.717) is 5.69 Å². The van der Waals surface area contributed by atoms with Crippen LogP contribution in [0.1, 0.15) is 35.8 Å². The third kappa shape index (κ3) is 2.54. The van der Waals surface area contributed by atoms with Crippen LogP contribution in [0.15, 0.2) is 29.2 Å². The number of carbonyl (C=O) groups is 1. The van der Waals surface area contributed by atoms with Crippen LogP contribution >= 0.6 is 11.8 Å². The summed E-state index contributed by atoms with van der Waals surface area (Å²) in [6, 6.07) is 8.33. The van der Waals surface area contributed by atoms with Crippen LogP contribution in [0.3, 0.4) is 0 Å². The minimum absolute atomic E-state index is 0.0327. The molecule has 2 aromatic rings. The number of rotatable bonds is 4. The van der Waals surface area contributed by atoms with Crippen molar-refractivity contribution in [3.05, 3.63) is 35.5 Å². The number of thioether (sulfide) groups is 1. The summed E-state index contributed by atoms with van der Waals surface area (Å²) < 4.78 is 1.86. The number of benzene rings is 1. The first kappa shape index (κ1) is 15.2. The highest BCUT2D eigenvalue weighted by atomic mass is 32.2. The van der Waals surface area contributed by atoms with E-state index in [2.05, 4.69) is 30.2 Å². The molecule has 0 unspecified atom stereocenters. The Labute approximate surface area is 135 Å². The van der Waals surface area contributed by atoms with Crippen LogP contribution in [0.4, 0.5) is 0 Å². The molecule has 22 heavy (non-hydrogen) atoms. The zero-order valence-electron chi connectivity index (χ0n) is 13.3. The molecule has 4 nitrogen and oxygen atoms in total. The zero-order chi connectivity index (χ0) is 15.7. The van der Waals surface area contributed by atoms with Crippen molar-refractivity contribution in [3.8, 4) is 11.3 Å². The van der Waals surface area contributed by atoms with Gasteiger partial charge >= 0.3 is 0 Å². The quantitative estimate of drug-likeness (QED) is 0.866. The predicted octanol–water partition coefficient (Wildman–Crippen LogP) is 3.56. The maximum absolute atomic E-state index is 12.7. The highest BCUT2D eigenvalue weighted by Crippen LogP contribution is 2.42. The standard InChI is InChI=1S/C17H21N3OS/c1-4-5-10-19(2)17(21)15-13-11-22-14-9-7-6-8-12(14)16(13)20(3)18-15/h6-9H,4-5,10-11H2,1-3H3. The van der Waals surface area contributed by atoms with Crippen molar-refractivity contribution in [2.24, 2.45) is 7.05 Å². The van der Waals surface area contributed by atoms with Gasteiger partial charge in [0.1, 0.15) is 0 Å². The fraction of sp³-hybridized carbons (Fsp3) is 0.412. The molecule has 3 rings (SSSR count). The molecule has 116 valence electrons. The summed E-state index contributed by atoms with van der Waals surface area (Å²) in [6.45, 7) is 2.92. The molecule has 1 aromatic heterocycles. The van der Waals surface area contributed by atoms with Crippen molar-refractivity contribution < 1.29 is 4.79 Å². The third-order valence-electron chi connectivity index (χ3n) is 4.06. The van der Waals surface area contributed by atoms with Gasteiger partial charge in [0.2, 0.25) is 0 Å². The highest BCUT2D eigenvalue weighted by molar-refractivity contribution is 7.98. The van der Waals surface area contributed by atoms with Crippen molar-refractivity contribution >= 4 is 17.7 Å². The molecule has 1 amide bonds. The van der Waals surface area contributed by atoms with E-state index in [4.69, 9.17) is 0 Å². The molecule has 0 aliphatic carbocycles. The summed E-state index contributed by atoms with van der Waals surface area (Å²) >= 11 is 1.78. The van der Waals surface area contributed by atoms with E-state index >= 15 is 0 Å². The molecule has 0 atom stereocenters. The van der Waals surface area contributed by atoms with Gasteiger partial charge in [0.15, 0.2) is 5.69 Å². The van der Waals surface area contributed by atoms with Gasteiger partial charge in [-0.1, -0.05) is 31.5 Å². The topological polar surface area (TPSA) is 38.1 Å². The van der Waals surface area contributed by atoms with Gasteiger partial charge in [-0.2, -0.15) is 5.10 Å². The summed E-state index contributed by atoms with van der Waals surface area (Å²) in [7, 11) is 3.79. The Balaban J connectivity index is 1.99. The molecular formula is C17H21N3OS. The second kappa shape index (κ2) is 6.16. The van der Waals surface area contributed by atoms with E-state index in [0.717, 1.165) is 36.4 Å². The Morgan fingerprint density at radius 1 is 1.41 bits per heavy atom. The average molecular weight is 315 g/mol. The monoisotopic (exact) mass is 315 g/mol. The van der Waals surface area contributed by atoms with Gasteiger partial charge in [-0.3, -0.25) is 9.48 Å². The van der Waals surface area contributed by atoms with Crippen LogP contribution in [-0.4, -0.2) is 34.2 Å². The molecule has 2 heterocycles. The number of aryl methyl sites for hydroxylation is 1. The number of hydrogen-bond acceptors (Lipinski definition) is 3. The van der Waals surface area contributed by atoms with Crippen molar-refractivity contribution in [1.29, 1.82) is 0 Å². The fourth-order valence-corrected chi connectivity index (χ4v) is 3.90. The number of aromatic nitrogens is 2. The summed E-state index contributed by atoms with van der Waals surface area (Å²) in [5, 5.41) is 4.53. The molecule has 0 N–H and O–H groups in total. The van der Waals surface area contributed by atoms with E-state index in [1.807, 2.05) is 24.8 Å². The first-order chi connectivity index (χ1) is 10.6. The van der Waals surface area contributed by atoms with Crippen LogP contribution in [0.2, 0.25) is 0 Å². The van der Waals surface area contributed by atoms with Crippen molar-refractivity contribution in [3.63, 3.8) is 0 Å². The van der Waals surface area contributed by atoms with Crippen molar-refractivity contribution in [1.82, 2.24) is 14.7 Å². The van der Waals surface area contributed by atoms with Crippen LogP contribution in [0, 0.1) is 0 Å². The van der Waals surface area contributed by atoms with E-state index in [9.17, 15) is 4.79 Å². The Kier molecular flexibility index (Phi) is 4.25. The lowest BCUT2D eigenvalue weighted by molar-refractivity contribution is 0.0786.